The van der Waals surface area contributed by atoms with Crippen LogP contribution < -0.4 is 5.73 Å². The Labute approximate surface area is 118 Å². The second-order valence-electron chi connectivity index (χ2n) is 4.36. The van der Waals surface area contributed by atoms with Crippen molar-refractivity contribution in [2.75, 3.05) is 6.54 Å². The molecule has 1 aliphatic carbocycles. The average Bonchev–Trinajstić information content (AvgIpc) is 3.00. The van der Waals surface area contributed by atoms with Gasteiger partial charge in [-0.2, -0.15) is 0 Å². The number of amides is 1. The molecule has 6 heteroatoms. The molecule has 0 atom stereocenters. The van der Waals surface area contributed by atoms with Crippen molar-refractivity contribution in [2.45, 2.75) is 45.2 Å². The van der Waals surface area contributed by atoms with Crippen molar-refractivity contribution in [2.24, 2.45) is 5.73 Å². The van der Waals surface area contributed by atoms with E-state index < -0.39 is 0 Å². The Morgan fingerprint density at radius 3 is 2.72 bits per heavy atom. The SMILES string of the molecule is CCN(C(=O)c1csc(CN)n1)C1CCCC1.Cl. The summed E-state index contributed by atoms with van der Waals surface area (Å²) < 4.78 is 0. The quantitative estimate of drug-likeness (QED) is 0.926. The van der Waals surface area contributed by atoms with E-state index >= 15 is 0 Å². The van der Waals surface area contributed by atoms with E-state index in [1.54, 1.807) is 0 Å². The Kier molecular flexibility index (Phi) is 6.05. The first-order chi connectivity index (χ1) is 8.26. The van der Waals surface area contributed by atoms with Gasteiger partial charge in [-0.25, -0.2) is 4.98 Å². The largest absolute Gasteiger partial charge is 0.335 e. The molecule has 1 aromatic rings. The van der Waals surface area contributed by atoms with Gasteiger partial charge in [0, 0.05) is 24.5 Å². The summed E-state index contributed by atoms with van der Waals surface area (Å²) in [5.41, 5.74) is 6.08. The molecule has 0 aliphatic heterocycles. The molecule has 0 aromatic carbocycles. The van der Waals surface area contributed by atoms with E-state index in [0.717, 1.165) is 24.4 Å². The summed E-state index contributed by atoms with van der Waals surface area (Å²) >= 11 is 1.46. The molecular formula is C12H20ClN3OS. The van der Waals surface area contributed by atoms with Gasteiger partial charge in [0.2, 0.25) is 0 Å². The number of hydrogen-bond acceptors (Lipinski definition) is 4. The lowest BCUT2D eigenvalue weighted by Gasteiger charge is -2.26. The van der Waals surface area contributed by atoms with E-state index in [1.807, 2.05) is 17.2 Å². The summed E-state index contributed by atoms with van der Waals surface area (Å²) in [5, 5.41) is 2.65. The average molecular weight is 290 g/mol. The van der Waals surface area contributed by atoms with Crippen LogP contribution in [0.1, 0.15) is 48.1 Å². The summed E-state index contributed by atoms with van der Waals surface area (Å²) in [7, 11) is 0. The molecule has 2 rings (SSSR count). The fraction of sp³-hybridized carbons (Fsp3) is 0.667. The lowest BCUT2D eigenvalue weighted by molar-refractivity contribution is 0.0688. The summed E-state index contributed by atoms with van der Waals surface area (Å²) in [6.07, 6.45) is 4.74. The monoisotopic (exact) mass is 289 g/mol. The molecule has 0 bridgehead atoms. The van der Waals surface area contributed by atoms with E-state index in [4.69, 9.17) is 5.73 Å². The number of nitrogens with two attached hydrogens (primary N) is 1. The van der Waals surface area contributed by atoms with Gasteiger partial charge < -0.3 is 10.6 Å². The van der Waals surface area contributed by atoms with Gasteiger partial charge in [-0.05, 0) is 19.8 Å². The van der Waals surface area contributed by atoms with E-state index in [9.17, 15) is 4.79 Å². The smallest absolute Gasteiger partial charge is 0.273 e. The van der Waals surface area contributed by atoms with Crippen LogP contribution in [0.4, 0.5) is 0 Å². The summed E-state index contributed by atoms with van der Waals surface area (Å²) in [4.78, 5) is 18.6. The summed E-state index contributed by atoms with van der Waals surface area (Å²) in [6, 6.07) is 0.413. The minimum atomic E-state index is 0. The standard InChI is InChI=1S/C12H19N3OS.ClH/c1-2-15(9-5-3-4-6-9)12(16)10-8-17-11(7-13)14-10;/h8-9H,2-7,13H2,1H3;1H. The van der Waals surface area contributed by atoms with Gasteiger partial charge in [0.1, 0.15) is 10.7 Å². The number of carbonyl (C=O) groups excluding carboxylic acids is 1. The molecule has 102 valence electrons. The van der Waals surface area contributed by atoms with E-state index in [-0.39, 0.29) is 18.3 Å². The maximum Gasteiger partial charge on any atom is 0.273 e. The Bertz CT molecular complexity index is 390. The fourth-order valence-corrected chi connectivity index (χ4v) is 3.08. The van der Waals surface area contributed by atoms with Crippen LogP contribution in [0, 0.1) is 0 Å². The van der Waals surface area contributed by atoms with E-state index in [2.05, 4.69) is 4.98 Å². The predicted molar refractivity (Wildman–Crippen MR) is 76.2 cm³/mol. The summed E-state index contributed by atoms with van der Waals surface area (Å²) in [5.74, 6) is 0.0651. The van der Waals surface area contributed by atoms with Crippen LogP contribution in [-0.2, 0) is 6.54 Å². The highest BCUT2D eigenvalue weighted by molar-refractivity contribution is 7.09. The molecule has 0 spiro atoms. The van der Waals surface area contributed by atoms with Crippen LogP contribution in [0.15, 0.2) is 5.38 Å². The zero-order valence-corrected chi connectivity index (χ0v) is 12.2. The number of carbonyl (C=O) groups is 1. The van der Waals surface area contributed by atoms with Gasteiger partial charge in [0.15, 0.2) is 0 Å². The first-order valence-electron chi connectivity index (χ1n) is 6.21. The first kappa shape index (κ1) is 15.4. The molecule has 1 amide bonds. The van der Waals surface area contributed by atoms with Crippen molar-refractivity contribution in [3.63, 3.8) is 0 Å². The van der Waals surface area contributed by atoms with Gasteiger partial charge in [0.05, 0.1) is 0 Å². The normalized spacial score (nSPS) is 15.4. The van der Waals surface area contributed by atoms with Crippen LogP contribution in [0.2, 0.25) is 0 Å². The molecule has 0 unspecified atom stereocenters. The molecule has 4 nitrogen and oxygen atoms in total. The number of hydrogen-bond donors (Lipinski definition) is 1. The van der Waals surface area contributed by atoms with Crippen molar-refractivity contribution < 1.29 is 4.79 Å². The molecule has 0 radical (unpaired) electrons. The molecule has 1 heterocycles. The third-order valence-electron chi connectivity index (χ3n) is 3.31. The van der Waals surface area contributed by atoms with Crippen molar-refractivity contribution in [3.05, 3.63) is 16.1 Å². The number of rotatable bonds is 4. The number of thiazole rings is 1. The van der Waals surface area contributed by atoms with Crippen molar-refractivity contribution >= 4 is 29.7 Å². The molecular weight excluding hydrogens is 270 g/mol. The van der Waals surface area contributed by atoms with Crippen molar-refractivity contribution in [1.29, 1.82) is 0 Å². The number of aromatic nitrogens is 1. The van der Waals surface area contributed by atoms with Crippen molar-refractivity contribution in [3.8, 4) is 0 Å². The Hall–Kier alpha value is -0.650. The lowest BCUT2D eigenvalue weighted by atomic mass is 10.2. The Morgan fingerprint density at radius 2 is 2.22 bits per heavy atom. The third kappa shape index (κ3) is 3.22. The molecule has 2 N–H and O–H groups in total. The van der Waals surface area contributed by atoms with E-state index in [0.29, 0.717) is 18.3 Å². The van der Waals surface area contributed by atoms with Crippen LogP contribution in [0.3, 0.4) is 0 Å². The zero-order chi connectivity index (χ0) is 12.3. The van der Waals surface area contributed by atoms with Crippen molar-refractivity contribution in [1.82, 2.24) is 9.88 Å². The third-order valence-corrected chi connectivity index (χ3v) is 4.18. The van der Waals surface area contributed by atoms with Gasteiger partial charge in [0.25, 0.3) is 5.91 Å². The Morgan fingerprint density at radius 1 is 1.56 bits per heavy atom. The van der Waals surface area contributed by atoms with Gasteiger partial charge in [-0.15, -0.1) is 23.7 Å². The Balaban J connectivity index is 0.00000162. The molecule has 0 saturated heterocycles. The van der Waals surface area contributed by atoms with Gasteiger partial charge in [-0.1, -0.05) is 12.8 Å². The minimum Gasteiger partial charge on any atom is -0.335 e. The van der Waals surface area contributed by atoms with Gasteiger partial charge in [-0.3, -0.25) is 4.79 Å². The van der Waals surface area contributed by atoms with Crippen LogP contribution in [0.5, 0.6) is 0 Å². The number of halogens is 1. The van der Waals surface area contributed by atoms with Crippen LogP contribution in [-0.4, -0.2) is 28.4 Å². The van der Waals surface area contributed by atoms with Crippen LogP contribution in [0.25, 0.3) is 0 Å². The van der Waals surface area contributed by atoms with E-state index in [1.165, 1.54) is 24.2 Å². The highest BCUT2D eigenvalue weighted by Crippen LogP contribution is 2.25. The predicted octanol–water partition coefficient (Wildman–Crippen LogP) is 2.43. The zero-order valence-electron chi connectivity index (χ0n) is 10.6. The molecule has 1 aromatic heterocycles. The fourth-order valence-electron chi connectivity index (χ4n) is 2.43. The number of nitrogens with zero attached hydrogens (tertiary/aromatic N) is 2. The molecule has 1 fully saturated rings. The maximum atomic E-state index is 12.3. The molecule has 1 aliphatic rings. The van der Waals surface area contributed by atoms with Crippen LogP contribution >= 0.6 is 23.7 Å². The second-order valence-corrected chi connectivity index (χ2v) is 5.30. The highest BCUT2D eigenvalue weighted by Gasteiger charge is 2.27. The topological polar surface area (TPSA) is 59.2 Å². The molecule has 1 saturated carbocycles. The first-order valence-corrected chi connectivity index (χ1v) is 7.09. The second kappa shape index (κ2) is 7.07. The lowest BCUT2D eigenvalue weighted by Crippen LogP contribution is -2.38. The maximum absolute atomic E-state index is 12.3. The van der Waals surface area contributed by atoms with Gasteiger partial charge >= 0.3 is 0 Å². The summed E-state index contributed by atoms with van der Waals surface area (Å²) in [6.45, 7) is 3.21. The minimum absolute atomic E-state index is 0. The highest BCUT2D eigenvalue weighted by atomic mass is 35.5. The molecule has 18 heavy (non-hydrogen) atoms.